The monoisotopic (exact) mass is 316 g/mol. The number of hydrogen-bond acceptors (Lipinski definition) is 3. The second-order valence-corrected chi connectivity index (χ2v) is 7.33. The molecule has 0 saturated carbocycles. The fourth-order valence-electron chi connectivity index (χ4n) is 2.23. The first-order chi connectivity index (χ1) is 10.7. The third-order valence-corrected chi connectivity index (χ3v) is 3.38. The first-order valence-corrected chi connectivity index (χ1v) is 8.18. The van der Waals surface area contributed by atoms with E-state index in [0.29, 0.717) is 11.5 Å². The topological polar surface area (TPSA) is 62.1 Å². The average molecular weight is 316 g/mol. The number of alkyl carbamates (subject to hydrolysis) is 1. The molecule has 0 spiro atoms. The summed E-state index contributed by atoms with van der Waals surface area (Å²) in [4.78, 5) is 12.0. The zero-order valence-electron chi connectivity index (χ0n) is 14.8. The van der Waals surface area contributed by atoms with Gasteiger partial charge in [0.05, 0.1) is 11.6 Å². The molecule has 4 nitrogen and oxygen atoms in total. The standard InChI is InChI=1S/C19H28N2O2/c1-14(2)6-11-17(21-18(22)23-19(3,4)5)12-15-7-9-16(13-20)10-8-15/h7-10,14,17H,6,11-12H2,1-5H3,(H,21,22)/t17-/m0/s1. The van der Waals surface area contributed by atoms with Crippen molar-refractivity contribution in [3.63, 3.8) is 0 Å². The van der Waals surface area contributed by atoms with Crippen LogP contribution < -0.4 is 5.32 Å². The van der Waals surface area contributed by atoms with Gasteiger partial charge < -0.3 is 10.1 Å². The lowest BCUT2D eigenvalue weighted by atomic mass is 9.97. The molecular formula is C19H28N2O2. The summed E-state index contributed by atoms with van der Waals surface area (Å²) in [6, 6.07) is 9.64. The molecule has 0 unspecified atom stereocenters. The molecule has 0 aliphatic rings. The molecule has 1 amide bonds. The van der Waals surface area contributed by atoms with Crippen LogP contribution in [0.4, 0.5) is 4.79 Å². The second kappa shape index (κ2) is 8.57. The van der Waals surface area contributed by atoms with Gasteiger partial charge in [0.2, 0.25) is 0 Å². The van der Waals surface area contributed by atoms with Gasteiger partial charge in [-0.3, -0.25) is 0 Å². The Hall–Kier alpha value is -2.02. The van der Waals surface area contributed by atoms with Crippen LogP contribution in [0.15, 0.2) is 24.3 Å². The maximum absolute atomic E-state index is 12.0. The maximum atomic E-state index is 12.0. The van der Waals surface area contributed by atoms with Crippen molar-refractivity contribution in [2.75, 3.05) is 0 Å². The molecule has 0 aliphatic carbocycles. The molecule has 1 aromatic rings. The number of benzene rings is 1. The van der Waals surface area contributed by atoms with Crippen LogP contribution in [0.1, 0.15) is 58.6 Å². The highest BCUT2D eigenvalue weighted by Gasteiger charge is 2.20. The normalized spacial score (nSPS) is 12.6. The summed E-state index contributed by atoms with van der Waals surface area (Å²) in [5.41, 5.74) is 1.25. The summed E-state index contributed by atoms with van der Waals surface area (Å²) in [6.45, 7) is 9.92. The molecular weight excluding hydrogens is 288 g/mol. The Kier molecular flexibility index (Phi) is 7.09. The molecule has 0 heterocycles. The molecule has 4 heteroatoms. The SMILES string of the molecule is CC(C)CC[C@@H](Cc1ccc(C#N)cc1)NC(=O)OC(C)(C)C. The molecule has 0 radical (unpaired) electrons. The lowest BCUT2D eigenvalue weighted by molar-refractivity contribution is 0.0500. The molecule has 126 valence electrons. The highest BCUT2D eigenvalue weighted by molar-refractivity contribution is 5.68. The summed E-state index contributed by atoms with van der Waals surface area (Å²) in [5, 5.41) is 11.8. The molecule has 1 N–H and O–H groups in total. The molecule has 0 aromatic heterocycles. The summed E-state index contributed by atoms with van der Waals surface area (Å²) < 4.78 is 5.36. The van der Waals surface area contributed by atoms with Gasteiger partial charge in [0, 0.05) is 6.04 Å². The Bertz CT molecular complexity index is 536. The summed E-state index contributed by atoms with van der Waals surface area (Å²) in [6.07, 6.45) is 2.30. The van der Waals surface area contributed by atoms with Gasteiger partial charge in [-0.15, -0.1) is 0 Å². The van der Waals surface area contributed by atoms with Crippen LogP contribution in [-0.4, -0.2) is 17.7 Å². The number of ether oxygens (including phenoxy) is 1. The predicted molar refractivity (Wildman–Crippen MR) is 92.1 cm³/mol. The quantitative estimate of drug-likeness (QED) is 0.844. The van der Waals surface area contributed by atoms with Crippen molar-refractivity contribution >= 4 is 6.09 Å². The van der Waals surface area contributed by atoms with E-state index in [-0.39, 0.29) is 12.1 Å². The molecule has 1 rings (SSSR count). The highest BCUT2D eigenvalue weighted by atomic mass is 16.6. The number of nitriles is 1. The van der Waals surface area contributed by atoms with Crippen molar-refractivity contribution in [2.24, 2.45) is 5.92 Å². The van der Waals surface area contributed by atoms with Crippen LogP contribution in [0.25, 0.3) is 0 Å². The van der Waals surface area contributed by atoms with Gasteiger partial charge in [-0.1, -0.05) is 26.0 Å². The van der Waals surface area contributed by atoms with Gasteiger partial charge in [0.1, 0.15) is 5.60 Å². The Balaban J connectivity index is 2.70. The van der Waals surface area contributed by atoms with Crippen LogP contribution in [0, 0.1) is 17.2 Å². The minimum absolute atomic E-state index is 0.0279. The van der Waals surface area contributed by atoms with Crippen molar-refractivity contribution in [1.82, 2.24) is 5.32 Å². The third kappa shape index (κ3) is 8.25. The van der Waals surface area contributed by atoms with E-state index in [2.05, 4.69) is 25.2 Å². The van der Waals surface area contributed by atoms with Crippen LogP contribution in [0.5, 0.6) is 0 Å². The number of nitrogens with zero attached hydrogens (tertiary/aromatic N) is 1. The second-order valence-electron chi connectivity index (χ2n) is 7.33. The Morgan fingerprint density at radius 1 is 1.22 bits per heavy atom. The largest absolute Gasteiger partial charge is 0.444 e. The molecule has 0 fully saturated rings. The van der Waals surface area contributed by atoms with Crippen molar-refractivity contribution in [3.05, 3.63) is 35.4 Å². The smallest absolute Gasteiger partial charge is 0.407 e. The van der Waals surface area contributed by atoms with Crippen molar-refractivity contribution in [1.29, 1.82) is 5.26 Å². The van der Waals surface area contributed by atoms with Crippen LogP contribution in [0.3, 0.4) is 0 Å². The van der Waals surface area contributed by atoms with Crippen molar-refractivity contribution < 1.29 is 9.53 Å². The van der Waals surface area contributed by atoms with Crippen molar-refractivity contribution in [3.8, 4) is 6.07 Å². The van der Waals surface area contributed by atoms with E-state index in [1.54, 1.807) is 0 Å². The van der Waals surface area contributed by atoms with Gasteiger partial charge in [0.15, 0.2) is 0 Å². The minimum Gasteiger partial charge on any atom is -0.444 e. The number of rotatable bonds is 6. The van der Waals surface area contributed by atoms with E-state index < -0.39 is 5.60 Å². The summed E-state index contributed by atoms with van der Waals surface area (Å²) in [7, 11) is 0. The summed E-state index contributed by atoms with van der Waals surface area (Å²) in [5.74, 6) is 0.582. The molecule has 0 bridgehead atoms. The maximum Gasteiger partial charge on any atom is 0.407 e. The van der Waals surface area contributed by atoms with E-state index >= 15 is 0 Å². The fraction of sp³-hybridized carbons (Fsp3) is 0.579. The van der Waals surface area contributed by atoms with E-state index in [4.69, 9.17) is 10.00 Å². The van der Waals surface area contributed by atoms with Gasteiger partial charge in [0.25, 0.3) is 0 Å². The number of hydrogen-bond donors (Lipinski definition) is 1. The van der Waals surface area contributed by atoms with Crippen molar-refractivity contribution in [2.45, 2.75) is 65.5 Å². The number of nitrogens with one attached hydrogen (secondary N) is 1. The van der Waals surface area contributed by atoms with Gasteiger partial charge in [-0.2, -0.15) is 5.26 Å². The van der Waals surface area contributed by atoms with E-state index in [1.807, 2.05) is 45.0 Å². The minimum atomic E-state index is -0.499. The summed E-state index contributed by atoms with van der Waals surface area (Å²) >= 11 is 0. The lowest BCUT2D eigenvalue weighted by Crippen LogP contribution is -2.40. The zero-order chi connectivity index (χ0) is 17.5. The Morgan fingerprint density at radius 2 is 1.83 bits per heavy atom. The first-order valence-electron chi connectivity index (χ1n) is 8.18. The van der Waals surface area contributed by atoms with Gasteiger partial charge >= 0.3 is 6.09 Å². The molecule has 0 aliphatic heterocycles. The van der Waals surface area contributed by atoms with Gasteiger partial charge in [-0.05, 0) is 63.6 Å². The molecule has 23 heavy (non-hydrogen) atoms. The lowest BCUT2D eigenvalue weighted by Gasteiger charge is -2.24. The van der Waals surface area contributed by atoms with Crippen LogP contribution in [-0.2, 0) is 11.2 Å². The predicted octanol–water partition coefficient (Wildman–Crippen LogP) is 4.43. The van der Waals surface area contributed by atoms with Gasteiger partial charge in [-0.25, -0.2) is 4.79 Å². The van der Waals surface area contributed by atoms with Crippen LogP contribution >= 0.6 is 0 Å². The number of carbonyl (C=O) groups excluding carboxylic acids is 1. The Morgan fingerprint density at radius 3 is 2.30 bits per heavy atom. The Labute approximate surface area is 139 Å². The fourth-order valence-corrected chi connectivity index (χ4v) is 2.23. The van der Waals surface area contributed by atoms with Crippen LogP contribution in [0.2, 0.25) is 0 Å². The third-order valence-electron chi connectivity index (χ3n) is 3.38. The number of carbonyl (C=O) groups is 1. The molecule has 1 aromatic carbocycles. The average Bonchev–Trinajstić information content (AvgIpc) is 2.43. The number of amides is 1. The zero-order valence-corrected chi connectivity index (χ0v) is 14.8. The van der Waals surface area contributed by atoms with E-state index in [0.717, 1.165) is 24.8 Å². The molecule has 1 atom stereocenters. The van der Waals surface area contributed by atoms with E-state index in [1.165, 1.54) is 0 Å². The first kappa shape index (κ1) is 19.0. The highest BCUT2D eigenvalue weighted by Crippen LogP contribution is 2.14. The van der Waals surface area contributed by atoms with E-state index in [9.17, 15) is 4.79 Å². The molecule has 0 saturated heterocycles.